The van der Waals surface area contributed by atoms with Gasteiger partial charge in [-0.05, 0) is 19.9 Å². The molecule has 3 heteroatoms. The molecule has 0 aromatic carbocycles. The normalized spacial score (nSPS) is 22.0. The lowest BCUT2D eigenvalue weighted by Crippen LogP contribution is -2.40. The van der Waals surface area contributed by atoms with Crippen molar-refractivity contribution in [2.75, 3.05) is 26.7 Å². The van der Waals surface area contributed by atoms with Crippen LogP contribution in [0.3, 0.4) is 0 Å². The van der Waals surface area contributed by atoms with Crippen LogP contribution in [0.2, 0.25) is 0 Å². The molecular weight excluding hydrogens is 152 g/mol. The zero-order valence-electron chi connectivity index (χ0n) is 7.92. The lowest BCUT2D eigenvalue weighted by atomic mass is 10.0. The van der Waals surface area contributed by atoms with Crippen LogP contribution >= 0.6 is 0 Å². The quantitative estimate of drug-likeness (QED) is 0.636. The molecule has 72 valence electrons. The number of nitrogens with zero attached hydrogens (tertiary/aromatic N) is 1. The van der Waals surface area contributed by atoms with E-state index in [1.165, 1.54) is 12.8 Å². The molecule has 0 heterocycles. The summed E-state index contributed by atoms with van der Waals surface area (Å²) in [6, 6.07) is 0. The Morgan fingerprint density at radius 1 is 1.42 bits per heavy atom. The summed E-state index contributed by atoms with van der Waals surface area (Å²) in [5.74, 6) is 0. The van der Waals surface area contributed by atoms with Crippen LogP contribution in [-0.2, 0) is 0 Å². The molecule has 0 amide bonds. The zero-order valence-corrected chi connectivity index (χ0v) is 7.92. The third kappa shape index (κ3) is 2.73. The minimum Gasteiger partial charge on any atom is -0.389 e. The molecule has 0 spiro atoms. The van der Waals surface area contributed by atoms with Crippen molar-refractivity contribution in [3.63, 3.8) is 0 Å². The molecule has 0 atom stereocenters. The monoisotopic (exact) mass is 172 g/mol. The van der Waals surface area contributed by atoms with E-state index < -0.39 is 5.60 Å². The summed E-state index contributed by atoms with van der Waals surface area (Å²) in [4.78, 5) is 2.12. The Labute approximate surface area is 74.5 Å². The highest BCUT2D eigenvalue weighted by Crippen LogP contribution is 2.29. The Morgan fingerprint density at radius 2 is 2.00 bits per heavy atom. The Balaban J connectivity index is 2.28. The maximum atomic E-state index is 10.0. The highest BCUT2D eigenvalue weighted by Gasteiger charge is 2.31. The van der Waals surface area contributed by atoms with Crippen LogP contribution in [0.15, 0.2) is 0 Å². The summed E-state index contributed by atoms with van der Waals surface area (Å²) in [7, 11) is 2.02. The molecule has 3 nitrogen and oxygen atoms in total. The first-order valence-electron chi connectivity index (χ1n) is 4.77. The molecule has 1 saturated carbocycles. The third-order valence-electron chi connectivity index (χ3n) is 2.61. The highest BCUT2D eigenvalue weighted by molar-refractivity contribution is 4.86. The summed E-state index contributed by atoms with van der Waals surface area (Å²) in [6.07, 6.45) is 4.27. The molecule has 1 fully saturated rings. The lowest BCUT2D eigenvalue weighted by molar-refractivity contribution is 0.0172. The topological polar surface area (TPSA) is 49.5 Å². The van der Waals surface area contributed by atoms with Gasteiger partial charge < -0.3 is 15.7 Å². The summed E-state index contributed by atoms with van der Waals surface area (Å²) >= 11 is 0. The second kappa shape index (κ2) is 4.21. The Kier molecular flexibility index (Phi) is 3.50. The highest BCUT2D eigenvalue weighted by atomic mass is 16.3. The summed E-state index contributed by atoms with van der Waals surface area (Å²) in [5, 5.41) is 10.0. The van der Waals surface area contributed by atoms with Gasteiger partial charge in [-0.25, -0.2) is 0 Å². The van der Waals surface area contributed by atoms with E-state index in [2.05, 4.69) is 4.90 Å². The molecule has 0 aromatic heterocycles. The van der Waals surface area contributed by atoms with E-state index >= 15 is 0 Å². The predicted octanol–water partition coefficient (Wildman–Crippen LogP) is 0.182. The Bertz CT molecular complexity index is 132. The van der Waals surface area contributed by atoms with Gasteiger partial charge in [-0.3, -0.25) is 0 Å². The van der Waals surface area contributed by atoms with E-state index in [0.717, 1.165) is 25.9 Å². The number of hydrogen-bond acceptors (Lipinski definition) is 3. The predicted molar refractivity (Wildman–Crippen MR) is 50.0 cm³/mol. The smallest absolute Gasteiger partial charge is 0.0774 e. The van der Waals surface area contributed by atoms with Gasteiger partial charge in [-0.15, -0.1) is 0 Å². The molecule has 1 aliphatic carbocycles. The van der Waals surface area contributed by atoms with Crippen molar-refractivity contribution in [2.45, 2.75) is 31.3 Å². The van der Waals surface area contributed by atoms with Crippen LogP contribution in [-0.4, -0.2) is 42.3 Å². The van der Waals surface area contributed by atoms with Crippen molar-refractivity contribution >= 4 is 0 Å². The minimum absolute atomic E-state index is 0.413. The second-order valence-electron chi connectivity index (χ2n) is 3.96. The number of rotatable bonds is 4. The standard InChI is InChI=1S/C9H20N2O/c1-11(7-6-10)8-9(12)4-2-3-5-9/h12H,2-8,10H2,1H3. The van der Waals surface area contributed by atoms with E-state index in [0.29, 0.717) is 6.54 Å². The molecule has 12 heavy (non-hydrogen) atoms. The van der Waals surface area contributed by atoms with Crippen molar-refractivity contribution in [2.24, 2.45) is 5.73 Å². The van der Waals surface area contributed by atoms with Crippen LogP contribution in [0.4, 0.5) is 0 Å². The van der Waals surface area contributed by atoms with Gasteiger partial charge in [0.15, 0.2) is 0 Å². The molecule has 0 bridgehead atoms. The molecule has 0 unspecified atom stereocenters. The van der Waals surface area contributed by atoms with Crippen molar-refractivity contribution in [3.05, 3.63) is 0 Å². The molecule has 1 rings (SSSR count). The first-order valence-corrected chi connectivity index (χ1v) is 4.77. The largest absolute Gasteiger partial charge is 0.389 e. The van der Waals surface area contributed by atoms with E-state index in [-0.39, 0.29) is 0 Å². The summed E-state index contributed by atoms with van der Waals surface area (Å²) < 4.78 is 0. The maximum Gasteiger partial charge on any atom is 0.0774 e. The molecule has 0 saturated heterocycles. The van der Waals surface area contributed by atoms with Crippen LogP contribution < -0.4 is 5.73 Å². The average molecular weight is 172 g/mol. The first kappa shape index (κ1) is 9.96. The second-order valence-corrected chi connectivity index (χ2v) is 3.96. The van der Waals surface area contributed by atoms with E-state index in [9.17, 15) is 5.11 Å². The van der Waals surface area contributed by atoms with Crippen molar-refractivity contribution in [1.29, 1.82) is 0 Å². The maximum absolute atomic E-state index is 10.0. The van der Waals surface area contributed by atoms with Crippen molar-refractivity contribution in [1.82, 2.24) is 4.90 Å². The molecule has 0 aromatic rings. The van der Waals surface area contributed by atoms with Crippen LogP contribution in [0.5, 0.6) is 0 Å². The summed E-state index contributed by atoms with van der Waals surface area (Å²) in [6.45, 7) is 2.33. The van der Waals surface area contributed by atoms with Gasteiger partial charge >= 0.3 is 0 Å². The SMILES string of the molecule is CN(CCN)CC1(O)CCCC1. The molecule has 0 aliphatic heterocycles. The first-order chi connectivity index (χ1) is 5.66. The van der Waals surface area contributed by atoms with Gasteiger partial charge in [0.25, 0.3) is 0 Å². The minimum atomic E-state index is -0.413. The van der Waals surface area contributed by atoms with E-state index in [1.807, 2.05) is 7.05 Å². The number of aliphatic hydroxyl groups is 1. The van der Waals surface area contributed by atoms with E-state index in [4.69, 9.17) is 5.73 Å². The molecular formula is C9H20N2O. The fourth-order valence-corrected chi connectivity index (χ4v) is 1.99. The number of nitrogens with two attached hydrogens (primary N) is 1. The molecule has 0 radical (unpaired) electrons. The van der Waals surface area contributed by atoms with Crippen LogP contribution in [0.1, 0.15) is 25.7 Å². The Hall–Kier alpha value is -0.120. The van der Waals surface area contributed by atoms with Gasteiger partial charge in [0, 0.05) is 19.6 Å². The lowest BCUT2D eigenvalue weighted by Gasteiger charge is -2.28. The Morgan fingerprint density at radius 3 is 2.50 bits per heavy atom. The average Bonchev–Trinajstić information content (AvgIpc) is 2.36. The van der Waals surface area contributed by atoms with Gasteiger partial charge in [-0.1, -0.05) is 12.8 Å². The number of likely N-dealkylation sites (N-methyl/N-ethyl adjacent to an activating group) is 1. The van der Waals surface area contributed by atoms with Gasteiger partial charge in [0.2, 0.25) is 0 Å². The van der Waals surface area contributed by atoms with Crippen molar-refractivity contribution in [3.8, 4) is 0 Å². The van der Waals surface area contributed by atoms with E-state index in [1.54, 1.807) is 0 Å². The molecule has 1 aliphatic rings. The zero-order chi connectivity index (χ0) is 9.03. The number of hydrogen-bond donors (Lipinski definition) is 2. The van der Waals surface area contributed by atoms with Gasteiger partial charge in [-0.2, -0.15) is 0 Å². The van der Waals surface area contributed by atoms with Crippen molar-refractivity contribution < 1.29 is 5.11 Å². The van der Waals surface area contributed by atoms with Gasteiger partial charge in [0.1, 0.15) is 0 Å². The van der Waals surface area contributed by atoms with Crippen LogP contribution in [0.25, 0.3) is 0 Å². The molecule has 3 N–H and O–H groups in total. The summed E-state index contributed by atoms with van der Waals surface area (Å²) in [5.41, 5.74) is 5.01. The fourth-order valence-electron chi connectivity index (χ4n) is 1.99. The fraction of sp³-hybridized carbons (Fsp3) is 1.00. The van der Waals surface area contributed by atoms with Gasteiger partial charge in [0.05, 0.1) is 5.60 Å². The third-order valence-corrected chi connectivity index (χ3v) is 2.61. The van der Waals surface area contributed by atoms with Crippen LogP contribution in [0, 0.1) is 0 Å².